The van der Waals surface area contributed by atoms with Gasteiger partial charge in [0.1, 0.15) is 11.3 Å². The van der Waals surface area contributed by atoms with E-state index in [1.165, 1.54) is 0 Å². The predicted octanol–water partition coefficient (Wildman–Crippen LogP) is 2.22. The van der Waals surface area contributed by atoms with Gasteiger partial charge in [-0.1, -0.05) is 23.4 Å². The molecule has 0 bridgehead atoms. The first-order valence-electron chi connectivity index (χ1n) is 10.7. The highest BCUT2D eigenvalue weighted by Gasteiger charge is 2.16. The molecule has 1 N–H and O–H groups in total. The van der Waals surface area contributed by atoms with Gasteiger partial charge in [0, 0.05) is 36.2 Å². The number of anilines is 1. The third kappa shape index (κ3) is 4.33. The number of hydrogen-bond acceptors (Lipinski definition) is 6. The molecule has 1 aliphatic rings. The summed E-state index contributed by atoms with van der Waals surface area (Å²) in [5.41, 5.74) is 5.56. The number of benzene rings is 1. The van der Waals surface area contributed by atoms with Crippen LogP contribution in [-0.2, 0) is 16.1 Å². The largest absolute Gasteiger partial charge is 0.378 e. The summed E-state index contributed by atoms with van der Waals surface area (Å²) >= 11 is 0. The summed E-state index contributed by atoms with van der Waals surface area (Å²) in [7, 11) is 0. The van der Waals surface area contributed by atoms with E-state index in [1.54, 1.807) is 4.68 Å². The lowest BCUT2D eigenvalue weighted by atomic mass is 10.1. The molecule has 1 saturated heterocycles. The summed E-state index contributed by atoms with van der Waals surface area (Å²) in [6.45, 7) is 5.35. The van der Waals surface area contributed by atoms with Crippen LogP contribution in [-0.4, -0.2) is 68.0 Å². The summed E-state index contributed by atoms with van der Waals surface area (Å²) < 4.78 is 9.16. The van der Waals surface area contributed by atoms with Gasteiger partial charge in [-0.2, -0.15) is 0 Å². The van der Waals surface area contributed by atoms with Crippen LogP contribution in [0.2, 0.25) is 0 Å². The molecule has 0 unspecified atom stereocenters. The fraction of sp³-hybridized carbons (Fsp3) is 0.304. The quantitative estimate of drug-likeness (QED) is 0.504. The van der Waals surface area contributed by atoms with Crippen LogP contribution < -0.4 is 5.32 Å². The number of aromatic nitrogens is 5. The SMILES string of the molecule is Cc1cccc2nc(Cn3cc(-c4cccc(NCC(=O)N5CCOCC5)c4)nn3)cn12. The Morgan fingerprint density at radius 3 is 2.81 bits per heavy atom. The summed E-state index contributed by atoms with van der Waals surface area (Å²) in [6.07, 6.45) is 3.94. The number of nitrogens with zero attached hydrogens (tertiary/aromatic N) is 6. The van der Waals surface area contributed by atoms with Gasteiger partial charge >= 0.3 is 0 Å². The molecule has 0 atom stereocenters. The summed E-state index contributed by atoms with van der Waals surface area (Å²) in [4.78, 5) is 18.9. The van der Waals surface area contributed by atoms with Crippen molar-refractivity contribution in [2.45, 2.75) is 13.5 Å². The zero-order valence-corrected chi connectivity index (χ0v) is 17.9. The number of hydrogen-bond donors (Lipinski definition) is 1. The molecule has 1 amide bonds. The number of amides is 1. The minimum atomic E-state index is 0.0762. The molecule has 1 aromatic carbocycles. The molecule has 0 spiro atoms. The maximum absolute atomic E-state index is 12.4. The minimum absolute atomic E-state index is 0.0762. The number of pyridine rings is 1. The van der Waals surface area contributed by atoms with Crippen LogP contribution in [0.25, 0.3) is 16.9 Å². The highest BCUT2D eigenvalue weighted by molar-refractivity contribution is 5.81. The zero-order valence-electron chi connectivity index (χ0n) is 17.9. The van der Waals surface area contributed by atoms with E-state index in [-0.39, 0.29) is 12.5 Å². The highest BCUT2D eigenvalue weighted by Crippen LogP contribution is 2.21. The molecular formula is C23H25N7O2. The van der Waals surface area contributed by atoms with Gasteiger partial charge in [-0.15, -0.1) is 5.10 Å². The highest BCUT2D eigenvalue weighted by atomic mass is 16.5. The molecule has 32 heavy (non-hydrogen) atoms. The Balaban J connectivity index is 1.25. The van der Waals surface area contributed by atoms with Crippen LogP contribution in [0.5, 0.6) is 0 Å². The first-order valence-corrected chi connectivity index (χ1v) is 10.7. The topological polar surface area (TPSA) is 89.6 Å². The van der Waals surface area contributed by atoms with Gasteiger partial charge in [0.2, 0.25) is 5.91 Å². The monoisotopic (exact) mass is 431 g/mol. The normalized spacial score (nSPS) is 14.1. The van der Waals surface area contributed by atoms with Crippen LogP contribution in [0.1, 0.15) is 11.4 Å². The number of ether oxygens (including phenoxy) is 1. The lowest BCUT2D eigenvalue weighted by Crippen LogP contribution is -2.43. The van der Waals surface area contributed by atoms with Crippen molar-refractivity contribution >= 4 is 17.2 Å². The fourth-order valence-electron chi connectivity index (χ4n) is 3.84. The average Bonchev–Trinajstić information content (AvgIpc) is 3.46. The first-order chi connectivity index (χ1) is 15.7. The van der Waals surface area contributed by atoms with Crippen LogP contribution in [0.3, 0.4) is 0 Å². The number of carbonyl (C=O) groups is 1. The number of imidazole rings is 1. The van der Waals surface area contributed by atoms with Gasteiger partial charge in [0.15, 0.2) is 0 Å². The van der Waals surface area contributed by atoms with E-state index in [0.29, 0.717) is 32.8 Å². The molecule has 0 radical (unpaired) electrons. The molecule has 0 aliphatic carbocycles. The lowest BCUT2D eigenvalue weighted by molar-refractivity contribution is -0.133. The van der Waals surface area contributed by atoms with E-state index in [9.17, 15) is 4.79 Å². The molecule has 9 nitrogen and oxygen atoms in total. The van der Waals surface area contributed by atoms with Gasteiger partial charge in [-0.3, -0.25) is 4.79 Å². The van der Waals surface area contributed by atoms with E-state index >= 15 is 0 Å². The van der Waals surface area contributed by atoms with E-state index in [1.807, 2.05) is 53.7 Å². The molecule has 4 aromatic rings. The van der Waals surface area contributed by atoms with Crippen molar-refractivity contribution in [3.05, 3.63) is 66.2 Å². The standard InChI is InChI=1S/C23H25N7O2/c1-17-4-2-7-22-25-20(15-30(17)22)14-29-16-21(26-27-29)18-5-3-6-19(12-18)24-13-23(31)28-8-10-32-11-9-28/h2-7,12,15-16,24H,8-11,13-14H2,1H3. The second-order valence-corrected chi connectivity index (χ2v) is 7.86. The van der Waals surface area contributed by atoms with Crippen molar-refractivity contribution in [1.82, 2.24) is 29.3 Å². The van der Waals surface area contributed by atoms with Crippen molar-refractivity contribution in [2.75, 3.05) is 38.2 Å². The molecule has 4 heterocycles. The van der Waals surface area contributed by atoms with Crippen molar-refractivity contribution in [2.24, 2.45) is 0 Å². The van der Waals surface area contributed by atoms with Crippen LogP contribution >= 0.6 is 0 Å². The smallest absolute Gasteiger partial charge is 0.242 e. The number of aryl methyl sites for hydroxylation is 1. The third-order valence-electron chi connectivity index (χ3n) is 5.57. The average molecular weight is 432 g/mol. The summed E-state index contributed by atoms with van der Waals surface area (Å²) in [5.74, 6) is 0.0762. The second kappa shape index (κ2) is 8.80. The molecule has 164 valence electrons. The van der Waals surface area contributed by atoms with Crippen molar-refractivity contribution < 1.29 is 9.53 Å². The van der Waals surface area contributed by atoms with Gasteiger partial charge in [0.05, 0.1) is 38.2 Å². The Morgan fingerprint density at radius 1 is 1.12 bits per heavy atom. The minimum Gasteiger partial charge on any atom is -0.378 e. The Bertz CT molecular complexity index is 1240. The molecule has 9 heteroatoms. The molecule has 0 saturated carbocycles. The molecule has 1 fully saturated rings. The Kier molecular flexibility index (Phi) is 5.55. The third-order valence-corrected chi connectivity index (χ3v) is 5.57. The zero-order chi connectivity index (χ0) is 21.9. The van der Waals surface area contributed by atoms with Crippen molar-refractivity contribution in [3.63, 3.8) is 0 Å². The Labute approximate surface area is 185 Å². The number of rotatable bonds is 6. The summed E-state index contributed by atoms with van der Waals surface area (Å²) in [5, 5.41) is 11.8. The number of morpholine rings is 1. The fourth-order valence-corrected chi connectivity index (χ4v) is 3.84. The number of fused-ring (bicyclic) bond motifs is 1. The number of nitrogens with one attached hydrogen (secondary N) is 1. The molecule has 5 rings (SSSR count). The van der Waals surface area contributed by atoms with Crippen LogP contribution in [0, 0.1) is 6.92 Å². The maximum Gasteiger partial charge on any atom is 0.242 e. The molecule has 3 aromatic heterocycles. The second-order valence-electron chi connectivity index (χ2n) is 7.86. The number of carbonyl (C=O) groups excluding carboxylic acids is 1. The van der Waals surface area contributed by atoms with Gasteiger partial charge in [-0.05, 0) is 31.2 Å². The van der Waals surface area contributed by atoms with E-state index < -0.39 is 0 Å². The van der Waals surface area contributed by atoms with E-state index in [0.717, 1.165) is 34.0 Å². The Hall–Kier alpha value is -3.72. The molecule has 1 aliphatic heterocycles. The van der Waals surface area contributed by atoms with Gasteiger partial charge < -0.3 is 19.4 Å². The molecular weight excluding hydrogens is 406 g/mol. The first kappa shape index (κ1) is 20.2. The van der Waals surface area contributed by atoms with Gasteiger partial charge in [0.25, 0.3) is 0 Å². The van der Waals surface area contributed by atoms with Gasteiger partial charge in [-0.25, -0.2) is 9.67 Å². The van der Waals surface area contributed by atoms with Crippen molar-refractivity contribution in [3.8, 4) is 11.3 Å². The summed E-state index contributed by atoms with van der Waals surface area (Å²) in [6, 6.07) is 13.9. The van der Waals surface area contributed by atoms with Crippen molar-refractivity contribution in [1.29, 1.82) is 0 Å². The lowest BCUT2D eigenvalue weighted by Gasteiger charge is -2.27. The maximum atomic E-state index is 12.4. The van der Waals surface area contributed by atoms with E-state index in [2.05, 4.69) is 38.0 Å². The van der Waals surface area contributed by atoms with Crippen LogP contribution in [0.4, 0.5) is 5.69 Å². The van der Waals surface area contributed by atoms with E-state index in [4.69, 9.17) is 4.74 Å². The van der Waals surface area contributed by atoms with Crippen LogP contribution in [0.15, 0.2) is 54.9 Å². The Morgan fingerprint density at radius 2 is 1.97 bits per heavy atom. The predicted molar refractivity (Wildman–Crippen MR) is 120 cm³/mol.